The summed E-state index contributed by atoms with van der Waals surface area (Å²) < 4.78 is 0. The first-order valence-corrected chi connectivity index (χ1v) is 4.64. The van der Waals surface area contributed by atoms with Gasteiger partial charge in [-0.25, -0.2) is 0 Å². The molecule has 0 aliphatic carbocycles. The summed E-state index contributed by atoms with van der Waals surface area (Å²) in [7, 11) is 0. The second-order valence-corrected chi connectivity index (χ2v) is 3.47. The first kappa shape index (κ1) is 10.8. The lowest BCUT2D eigenvalue weighted by Crippen LogP contribution is -2.23. The van der Waals surface area contributed by atoms with E-state index in [1.165, 1.54) is 0 Å². The number of rotatable bonds is 1. The average Bonchev–Trinajstić information content (AvgIpc) is 2.12. The van der Waals surface area contributed by atoms with Gasteiger partial charge in [-0.1, -0.05) is 17.7 Å². The Labute approximate surface area is 92.7 Å². The maximum Gasteiger partial charge on any atom is 0.184 e. The number of halogens is 1. The van der Waals surface area contributed by atoms with Crippen LogP contribution in [0.5, 0.6) is 0 Å². The Balaban J connectivity index is 2.74. The van der Waals surface area contributed by atoms with Crippen LogP contribution in [-0.4, -0.2) is 5.11 Å². The van der Waals surface area contributed by atoms with E-state index in [0.29, 0.717) is 5.02 Å². The zero-order valence-electron chi connectivity index (χ0n) is 7.47. The number of anilines is 1. The van der Waals surface area contributed by atoms with Gasteiger partial charge in [0.05, 0.1) is 0 Å². The molecule has 0 fully saturated rings. The second kappa shape index (κ2) is 4.80. The number of nitrogens with one attached hydrogen (secondary N) is 2. The maximum atomic E-state index is 8.30. The Hall–Kier alpha value is -1.31. The van der Waals surface area contributed by atoms with Crippen LogP contribution in [0, 0.1) is 18.4 Å². The van der Waals surface area contributed by atoms with E-state index in [2.05, 4.69) is 10.6 Å². The van der Waals surface area contributed by atoms with Crippen molar-refractivity contribution in [1.82, 2.24) is 5.32 Å². The van der Waals surface area contributed by atoms with E-state index in [9.17, 15) is 0 Å². The second-order valence-electron chi connectivity index (χ2n) is 2.65. The van der Waals surface area contributed by atoms with Gasteiger partial charge in [0.25, 0.3) is 0 Å². The molecule has 1 aromatic rings. The molecule has 0 unspecified atom stereocenters. The number of hydrogen-bond acceptors (Lipinski definition) is 2. The molecule has 0 aliphatic rings. The van der Waals surface area contributed by atoms with Crippen LogP contribution in [0.4, 0.5) is 5.69 Å². The monoisotopic (exact) mass is 225 g/mol. The Kier molecular flexibility index (Phi) is 3.69. The quantitative estimate of drug-likeness (QED) is 0.438. The predicted molar refractivity (Wildman–Crippen MR) is 61.2 cm³/mol. The summed E-state index contributed by atoms with van der Waals surface area (Å²) in [5.74, 6) is 0. The van der Waals surface area contributed by atoms with Crippen molar-refractivity contribution in [2.75, 3.05) is 5.32 Å². The summed E-state index contributed by atoms with van der Waals surface area (Å²) in [6, 6.07) is 5.47. The maximum absolute atomic E-state index is 8.30. The van der Waals surface area contributed by atoms with Crippen LogP contribution >= 0.6 is 23.8 Å². The van der Waals surface area contributed by atoms with Gasteiger partial charge in [-0.15, -0.1) is 0 Å². The molecule has 1 rings (SSSR count). The molecule has 2 N–H and O–H groups in total. The van der Waals surface area contributed by atoms with E-state index in [-0.39, 0.29) is 5.11 Å². The van der Waals surface area contributed by atoms with Crippen LogP contribution in [0.2, 0.25) is 5.02 Å². The van der Waals surface area contributed by atoms with Crippen molar-refractivity contribution >= 4 is 34.6 Å². The summed E-state index contributed by atoms with van der Waals surface area (Å²) in [6.07, 6.45) is 1.73. The molecule has 3 nitrogen and oxygen atoms in total. The van der Waals surface area contributed by atoms with Crippen LogP contribution in [0.3, 0.4) is 0 Å². The lowest BCUT2D eigenvalue weighted by atomic mass is 10.2. The molecule has 0 aliphatic heterocycles. The molecule has 0 spiro atoms. The predicted octanol–water partition coefficient (Wildman–Crippen LogP) is 2.42. The number of nitriles is 1. The van der Waals surface area contributed by atoms with Gasteiger partial charge in [0.15, 0.2) is 11.3 Å². The highest BCUT2D eigenvalue weighted by Gasteiger charge is 1.99. The number of nitrogens with zero attached hydrogens (tertiary/aromatic N) is 1. The first-order valence-electron chi connectivity index (χ1n) is 3.85. The van der Waals surface area contributed by atoms with Gasteiger partial charge >= 0.3 is 0 Å². The number of hydrogen-bond donors (Lipinski definition) is 2. The average molecular weight is 226 g/mol. The fraction of sp³-hybridized carbons (Fsp3) is 0.111. The fourth-order valence-corrected chi connectivity index (χ4v) is 1.23. The molecule has 72 valence electrons. The fourth-order valence-electron chi connectivity index (χ4n) is 0.884. The molecule has 0 bridgehead atoms. The highest BCUT2D eigenvalue weighted by Crippen LogP contribution is 2.19. The van der Waals surface area contributed by atoms with Gasteiger partial charge in [-0.2, -0.15) is 5.26 Å². The minimum Gasteiger partial charge on any atom is -0.332 e. The lowest BCUT2D eigenvalue weighted by molar-refractivity contribution is 1.28. The van der Waals surface area contributed by atoms with E-state index >= 15 is 0 Å². The Morgan fingerprint density at radius 3 is 2.86 bits per heavy atom. The molecule has 0 saturated carbocycles. The minimum atomic E-state index is 0.257. The third kappa shape index (κ3) is 2.87. The lowest BCUT2D eigenvalue weighted by Gasteiger charge is -2.06. The van der Waals surface area contributed by atoms with Crippen molar-refractivity contribution in [1.29, 1.82) is 5.26 Å². The molecule has 0 aromatic heterocycles. The Morgan fingerprint density at radius 1 is 1.57 bits per heavy atom. The van der Waals surface area contributed by atoms with Crippen molar-refractivity contribution < 1.29 is 0 Å². The molecule has 0 atom stereocenters. The number of thiocarbonyl (C=S) groups is 1. The van der Waals surface area contributed by atoms with E-state index in [1.807, 2.05) is 19.1 Å². The molecule has 0 saturated heterocycles. The standard InChI is InChI=1S/C9H8ClN3S/c1-6-2-3-7(4-8(6)10)13-9(14)12-5-11/h2-4H,1H3,(H2,12,13,14). The van der Waals surface area contributed by atoms with Crippen LogP contribution < -0.4 is 10.6 Å². The highest BCUT2D eigenvalue weighted by atomic mass is 35.5. The largest absolute Gasteiger partial charge is 0.332 e. The Bertz CT molecular complexity index is 398. The minimum absolute atomic E-state index is 0.257. The van der Waals surface area contributed by atoms with Gasteiger partial charge < -0.3 is 5.32 Å². The molecule has 5 heteroatoms. The van der Waals surface area contributed by atoms with Crippen molar-refractivity contribution in [2.24, 2.45) is 0 Å². The van der Waals surface area contributed by atoms with Gasteiger partial charge in [-0.3, -0.25) is 5.32 Å². The zero-order chi connectivity index (χ0) is 10.6. The molecule has 0 amide bonds. The summed E-state index contributed by atoms with van der Waals surface area (Å²) in [6.45, 7) is 1.91. The SMILES string of the molecule is Cc1ccc(NC(=S)NC#N)cc1Cl. The summed E-state index contributed by atoms with van der Waals surface area (Å²) >= 11 is 10.7. The molecule has 14 heavy (non-hydrogen) atoms. The molecular weight excluding hydrogens is 218 g/mol. The topological polar surface area (TPSA) is 47.8 Å². The third-order valence-corrected chi connectivity index (χ3v) is 2.21. The molecule has 1 aromatic carbocycles. The zero-order valence-corrected chi connectivity index (χ0v) is 9.04. The van der Waals surface area contributed by atoms with Gasteiger partial charge in [-0.05, 0) is 36.8 Å². The Morgan fingerprint density at radius 2 is 2.29 bits per heavy atom. The van der Waals surface area contributed by atoms with Crippen molar-refractivity contribution in [3.63, 3.8) is 0 Å². The molecular formula is C9H8ClN3S. The normalized spacial score (nSPS) is 8.93. The summed E-state index contributed by atoms with van der Waals surface area (Å²) in [4.78, 5) is 0. The smallest absolute Gasteiger partial charge is 0.184 e. The van der Waals surface area contributed by atoms with Crippen molar-refractivity contribution in [3.05, 3.63) is 28.8 Å². The van der Waals surface area contributed by atoms with E-state index in [0.717, 1.165) is 11.3 Å². The van der Waals surface area contributed by atoms with Crippen LogP contribution in [0.1, 0.15) is 5.56 Å². The molecule has 0 heterocycles. The summed E-state index contributed by atoms with van der Waals surface area (Å²) in [5, 5.41) is 14.4. The van der Waals surface area contributed by atoms with Crippen LogP contribution in [0.15, 0.2) is 18.2 Å². The summed E-state index contributed by atoms with van der Waals surface area (Å²) in [5.41, 5.74) is 1.75. The first-order chi connectivity index (χ1) is 6.63. The highest BCUT2D eigenvalue weighted by molar-refractivity contribution is 7.80. The van der Waals surface area contributed by atoms with Crippen LogP contribution in [-0.2, 0) is 0 Å². The van der Waals surface area contributed by atoms with Gasteiger partial charge in [0.1, 0.15) is 0 Å². The van der Waals surface area contributed by atoms with E-state index in [1.54, 1.807) is 12.3 Å². The van der Waals surface area contributed by atoms with Gasteiger partial charge in [0, 0.05) is 10.7 Å². The number of aryl methyl sites for hydroxylation is 1. The van der Waals surface area contributed by atoms with Crippen molar-refractivity contribution in [3.8, 4) is 6.19 Å². The third-order valence-electron chi connectivity index (χ3n) is 1.60. The molecule has 0 radical (unpaired) electrons. The van der Waals surface area contributed by atoms with Gasteiger partial charge in [0.2, 0.25) is 0 Å². The number of benzene rings is 1. The van der Waals surface area contributed by atoms with E-state index < -0.39 is 0 Å². The van der Waals surface area contributed by atoms with Crippen LogP contribution in [0.25, 0.3) is 0 Å². The van der Waals surface area contributed by atoms with E-state index in [4.69, 9.17) is 29.1 Å². The van der Waals surface area contributed by atoms with Crippen molar-refractivity contribution in [2.45, 2.75) is 6.92 Å².